The minimum Gasteiger partial charge on any atom is -0.480 e. The van der Waals surface area contributed by atoms with Gasteiger partial charge in [0.15, 0.2) is 11.7 Å². The van der Waals surface area contributed by atoms with Gasteiger partial charge in [-0.25, -0.2) is 9.97 Å². The Morgan fingerprint density at radius 1 is 1.12 bits per heavy atom. The average molecular weight is 441 g/mol. The molecule has 32 heavy (non-hydrogen) atoms. The second-order valence-electron chi connectivity index (χ2n) is 7.04. The van der Waals surface area contributed by atoms with Crippen molar-refractivity contribution in [1.82, 2.24) is 19.7 Å². The first-order chi connectivity index (χ1) is 15.4. The monoisotopic (exact) mass is 441 g/mol. The van der Waals surface area contributed by atoms with Crippen molar-refractivity contribution in [2.45, 2.75) is 5.92 Å². The van der Waals surface area contributed by atoms with Gasteiger partial charge in [0.25, 0.3) is 0 Å². The fourth-order valence-corrected chi connectivity index (χ4v) is 3.26. The Bertz CT molecular complexity index is 1180. The van der Waals surface area contributed by atoms with E-state index >= 15 is 8.78 Å². The molecule has 1 saturated heterocycles. The van der Waals surface area contributed by atoms with E-state index in [9.17, 15) is 0 Å². The van der Waals surface area contributed by atoms with Crippen molar-refractivity contribution < 1.29 is 18.3 Å². The summed E-state index contributed by atoms with van der Waals surface area (Å²) in [6.45, 7) is 2.73. The number of rotatable bonds is 5. The van der Waals surface area contributed by atoms with Gasteiger partial charge in [-0.3, -0.25) is 10.8 Å². The van der Waals surface area contributed by atoms with Crippen LogP contribution in [-0.2, 0) is 10.7 Å². The summed E-state index contributed by atoms with van der Waals surface area (Å²) in [4.78, 5) is 10.8. The first-order valence-electron chi connectivity index (χ1n) is 9.82. The molecule has 2 N–H and O–H groups in total. The maximum Gasteiger partial charge on any atom is 0.331 e. The van der Waals surface area contributed by atoms with Gasteiger partial charge in [-0.1, -0.05) is 18.2 Å². The van der Waals surface area contributed by atoms with Gasteiger partial charge < -0.3 is 14.4 Å². The Morgan fingerprint density at radius 3 is 2.53 bits per heavy atom. The van der Waals surface area contributed by atoms with Crippen molar-refractivity contribution in [1.29, 1.82) is 10.8 Å². The lowest BCUT2D eigenvalue weighted by Gasteiger charge is -2.28. The predicted octanol–water partition coefficient (Wildman–Crippen LogP) is 2.28. The summed E-state index contributed by atoms with van der Waals surface area (Å²) in [6.07, 6.45) is 3.31. The van der Waals surface area contributed by atoms with Crippen molar-refractivity contribution in [2.24, 2.45) is 0 Å². The van der Waals surface area contributed by atoms with Crippen LogP contribution in [0.15, 0.2) is 48.8 Å². The van der Waals surface area contributed by atoms with Crippen LogP contribution in [0, 0.1) is 10.8 Å². The molecule has 9 nitrogen and oxygen atoms in total. The minimum absolute atomic E-state index is 0.0176. The van der Waals surface area contributed by atoms with Gasteiger partial charge in [0.1, 0.15) is 5.49 Å². The van der Waals surface area contributed by atoms with E-state index in [2.05, 4.69) is 20.0 Å². The standard InChI is InChI=1S/C21H21F2N7O2/c1-31-18-6-5-17(24)30(28-18)20(25)21(22,23)15-4-2-3-14(11-15)19-26-12-16(13-27-19)29-7-9-32-10-8-29/h2-6,11-13,24-25H,7-10H2,1H3. The highest BCUT2D eigenvalue weighted by atomic mass is 19.3. The number of nitrogens with zero attached hydrogens (tertiary/aromatic N) is 5. The van der Waals surface area contributed by atoms with Crippen molar-refractivity contribution in [3.63, 3.8) is 0 Å². The van der Waals surface area contributed by atoms with Gasteiger partial charge in [-0.15, -0.1) is 5.10 Å². The lowest BCUT2D eigenvalue weighted by Crippen LogP contribution is -2.39. The Labute approximate surface area is 182 Å². The molecule has 1 aliphatic rings. The number of alkyl halides is 2. The Hall–Kier alpha value is -3.73. The molecule has 0 radical (unpaired) electrons. The molecule has 4 rings (SSSR count). The van der Waals surface area contributed by atoms with Crippen molar-refractivity contribution >= 4 is 11.5 Å². The molecule has 0 amide bonds. The Kier molecular flexibility index (Phi) is 5.91. The van der Waals surface area contributed by atoms with Gasteiger partial charge in [-0.05, 0) is 12.1 Å². The molecule has 3 aromatic rings. The topological polar surface area (TPSA) is 113 Å². The lowest BCUT2D eigenvalue weighted by atomic mass is 10.0. The van der Waals surface area contributed by atoms with Crippen molar-refractivity contribution in [3.8, 4) is 17.3 Å². The number of halogens is 2. The summed E-state index contributed by atoms with van der Waals surface area (Å²) < 4.78 is 41.2. The van der Waals surface area contributed by atoms with Crippen molar-refractivity contribution in [2.75, 3.05) is 38.3 Å². The van der Waals surface area contributed by atoms with Gasteiger partial charge in [-0.2, -0.15) is 13.5 Å². The van der Waals surface area contributed by atoms with Gasteiger partial charge in [0.05, 0.1) is 38.4 Å². The van der Waals surface area contributed by atoms with Gasteiger partial charge in [0.2, 0.25) is 5.88 Å². The van der Waals surface area contributed by atoms with Crippen LogP contribution in [-0.4, -0.2) is 59.0 Å². The largest absolute Gasteiger partial charge is 0.480 e. The van der Waals surface area contributed by atoms with Crippen LogP contribution in [0.4, 0.5) is 14.5 Å². The molecule has 1 fully saturated rings. The maximum atomic E-state index is 15.2. The number of benzene rings is 1. The molecule has 0 atom stereocenters. The smallest absolute Gasteiger partial charge is 0.331 e. The van der Waals surface area contributed by atoms with Crippen LogP contribution in [0.1, 0.15) is 5.56 Å². The summed E-state index contributed by atoms with van der Waals surface area (Å²) in [7, 11) is 1.33. The summed E-state index contributed by atoms with van der Waals surface area (Å²) in [6, 6.07) is 8.13. The SMILES string of the molecule is COc1ccc(=N)n(C(=N)C(F)(F)c2cccc(-c3ncc(N4CCOCC4)cn3)c2)n1. The molecule has 1 aliphatic heterocycles. The molecular formula is C21H21F2N7O2. The normalized spacial score (nSPS) is 14.3. The van der Waals surface area contributed by atoms with E-state index in [4.69, 9.17) is 20.3 Å². The minimum atomic E-state index is -3.72. The molecule has 0 unspecified atom stereocenters. The molecule has 0 saturated carbocycles. The second-order valence-corrected chi connectivity index (χ2v) is 7.04. The third-order valence-electron chi connectivity index (χ3n) is 5.03. The van der Waals surface area contributed by atoms with E-state index in [-0.39, 0.29) is 11.4 Å². The zero-order valence-electron chi connectivity index (χ0n) is 17.3. The summed E-state index contributed by atoms with van der Waals surface area (Å²) in [5.41, 5.74) is 0.424. The van der Waals surface area contributed by atoms with Gasteiger partial charge in [0, 0.05) is 30.3 Å². The van der Waals surface area contributed by atoms with E-state index in [1.807, 2.05) is 0 Å². The maximum absolute atomic E-state index is 15.2. The number of hydrogen-bond donors (Lipinski definition) is 2. The lowest BCUT2D eigenvalue weighted by molar-refractivity contribution is 0.0694. The summed E-state index contributed by atoms with van der Waals surface area (Å²) in [5.74, 6) is -4.57. The third kappa shape index (κ3) is 4.19. The fraction of sp³-hybridized carbons (Fsp3) is 0.286. The third-order valence-corrected chi connectivity index (χ3v) is 5.03. The molecule has 2 aromatic heterocycles. The molecule has 0 bridgehead atoms. The average Bonchev–Trinajstić information content (AvgIpc) is 2.84. The number of hydrogen-bond acceptors (Lipinski definition) is 8. The number of ether oxygens (including phenoxy) is 2. The number of anilines is 1. The van der Waals surface area contributed by atoms with E-state index in [1.165, 1.54) is 37.4 Å². The van der Waals surface area contributed by atoms with Crippen LogP contribution < -0.4 is 15.1 Å². The van der Waals surface area contributed by atoms with Gasteiger partial charge >= 0.3 is 5.92 Å². The van der Waals surface area contributed by atoms with Crippen molar-refractivity contribution in [3.05, 3.63) is 59.8 Å². The first-order valence-corrected chi connectivity index (χ1v) is 9.82. The molecular weight excluding hydrogens is 420 g/mol. The van der Waals surface area contributed by atoms with E-state index in [1.54, 1.807) is 18.5 Å². The zero-order chi connectivity index (χ0) is 22.7. The quantitative estimate of drug-likeness (QED) is 0.464. The molecule has 0 aliphatic carbocycles. The molecule has 0 spiro atoms. The summed E-state index contributed by atoms with van der Waals surface area (Å²) in [5, 5.41) is 19.6. The van der Waals surface area contributed by atoms with Crippen LogP contribution in [0.2, 0.25) is 0 Å². The first kappa shape index (κ1) is 21.5. The van der Waals surface area contributed by atoms with Crippen LogP contribution in [0.5, 0.6) is 5.88 Å². The van der Waals surface area contributed by atoms with E-state index in [0.717, 1.165) is 18.8 Å². The predicted molar refractivity (Wildman–Crippen MR) is 112 cm³/mol. The molecule has 3 heterocycles. The molecule has 11 heteroatoms. The molecule has 1 aromatic carbocycles. The van der Waals surface area contributed by atoms with Crippen LogP contribution in [0.25, 0.3) is 11.4 Å². The molecule has 166 valence electrons. The fourth-order valence-electron chi connectivity index (χ4n) is 3.26. The van der Waals surface area contributed by atoms with Crippen LogP contribution >= 0.6 is 0 Å². The second kappa shape index (κ2) is 8.79. The van der Waals surface area contributed by atoms with E-state index in [0.29, 0.717) is 29.3 Å². The number of methoxy groups -OCH3 is 1. The zero-order valence-corrected chi connectivity index (χ0v) is 17.3. The van der Waals surface area contributed by atoms with E-state index < -0.39 is 17.3 Å². The summed E-state index contributed by atoms with van der Waals surface area (Å²) >= 11 is 0. The highest BCUT2D eigenvalue weighted by molar-refractivity contribution is 5.88. The number of morpholine rings is 1. The Balaban J connectivity index is 1.62. The van der Waals surface area contributed by atoms with Crippen LogP contribution in [0.3, 0.4) is 0 Å². The highest BCUT2D eigenvalue weighted by Crippen LogP contribution is 2.32. The number of nitrogens with one attached hydrogen (secondary N) is 2. The number of aromatic nitrogens is 4. The Morgan fingerprint density at radius 2 is 1.84 bits per heavy atom. The highest BCUT2D eigenvalue weighted by Gasteiger charge is 2.40.